The molecule has 14 heavy (non-hydrogen) atoms. The van der Waals surface area contributed by atoms with Crippen molar-refractivity contribution in [3.63, 3.8) is 0 Å². The Morgan fingerprint density at radius 2 is 2.07 bits per heavy atom. The molecular weight excluding hydrogens is 216 g/mol. The Labute approximate surface area is 95.9 Å². The third-order valence-corrected chi connectivity index (χ3v) is 3.29. The maximum absolute atomic E-state index is 5.32. The maximum Gasteiger partial charge on any atom is 0.0594 e. The van der Waals surface area contributed by atoms with Gasteiger partial charge in [0.15, 0.2) is 0 Å². The molecule has 1 rings (SSSR count). The zero-order valence-electron chi connectivity index (χ0n) is 8.90. The van der Waals surface area contributed by atoms with E-state index in [4.69, 9.17) is 4.74 Å². The molecule has 1 N–H and O–H groups in total. The molecule has 1 heterocycles. The van der Waals surface area contributed by atoms with E-state index < -0.39 is 0 Å². The summed E-state index contributed by atoms with van der Waals surface area (Å²) in [6, 6.07) is 0.510. The van der Waals surface area contributed by atoms with E-state index in [2.05, 4.69) is 35.1 Å². The summed E-state index contributed by atoms with van der Waals surface area (Å²) in [6.45, 7) is 9.43. The molecule has 0 amide bonds. The number of nitrogens with zero attached hydrogens (tertiary/aromatic N) is 1. The number of morpholine rings is 1. The molecule has 0 bridgehead atoms. The van der Waals surface area contributed by atoms with Gasteiger partial charge in [-0.05, 0) is 16.9 Å². The third-order valence-electron chi connectivity index (χ3n) is 2.57. The highest BCUT2D eigenvalue weighted by atomic mass is 33.1. The molecular formula is C9H20N2OS2. The van der Waals surface area contributed by atoms with Crippen LogP contribution in [0.4, 0.5) is 0 Å². The molecule has 1 fully saturated rings. The zero-order valence-corrected chi connectivity index (χ0v) is 10.6. The van der Waals surface area contributed by atoms with Crippen LogP contribution in [0.25, 0.3) is 0 Å². The van der Waals surface area contributed by atoms with Crippen LogP contribution in [-0.2, 0) is 4.74 Å². The first-order valence-electron chi connectivity index (χ1n) is 5.10. The Morgan fingerprint density at radius 3 is 2.57 bits per heavy atom. The average molecular weight is 236 g/mol. The SMILES string of the molecule is CC(C)C(CN1CCOCC1)NSS. The predicted molar refractivity (Wildman–Crippen MR) is 65.6 cm³/mol. The van der Waals surface area contributed by atoms with Gasteiger partial charge in [0.25, 0.3) is 0 Å². The summed E-state index contributed by atoms with van der Waals surface area (Å²) in [6.07, 6.45) is 0. The van der Waals surface area contributed by atoms with Crippen molar-refractivity contribution in [1.82, 2.24) is 9.62 Å². The summed E-state index contributed by atoms with van der Waals surface area (Å²) in [5.41, 5.74) is 0. The van der Waals surface area contributed by atoms with Crippen molar-refractivity contribution < 1.29 is 4.74 Å². The van der Waals surface area contributed by atoms with Gasteiger partial charge in [0, 0.05) is 25.7 Å². The summed E-state index contributed by atoms with van der Waals surface area (Å²) in [7, 11) is 1.41. The van der Waals surface area contributed by atoms with Crippen LogP contribution in [-0.4, -0.2) is 43.8 Å². The molecule has 1 aliphatic rings. The average Bonchev–Trinajstić information content (AvgIpc) is 2.18. The van der Waals surface area contributed by atoms with Gasteiger partial charge in [0.1, 0.15) is 0 Å². The van der Waals surface area contributed by atoms with Crippen molar-refractivity contribution in [2.45, 2.75) is 19.9 Å². The topological polar surface area (TPSA) is 24.5 Å². The summed E-state index contributed by atoms with van der Waals surface area (Å²) < 4.78 is 8.65. The number of thiol groups is 1. The highest BCUT2D eigenvalue weighted by Gasteiger charge is 2.18. The van der Waals surface area contributed by atoms with E-state index in [-0.39, 0.29) is 0 Å². The zero-order chi connectivity index (χ0) is 10.4. The fraction of sp³-hybridized carbons (Fsp3) is 1.00. The van der Waals surface area contributed by atoms with Gasteiger partial charge >= 0.3 is 0 Å². The van der Waals surface area contributed by atoms with E-state index in [0.717, 1.165) is 32.8 Å². The Morgan fingerprint density at radius 1 is 1.43 bits per heavy atom. The van der Waals surface area contributed by atoms with Crippen molar-refractivity contribution in [3.05, 3.63) is 0 Å². The standard InChI is InChI=1S/C9H20N2OS2/c1-8(2)9(10-14-13)7-11-3-5-12-6-4-11/h8-10,13H,3-7H2,1-2H3. The van der Waals surface area contributed by atoms with E-state index in [9.17, 15) is 0 Å². The summed E-state index contributed by atoms with van der Waals surface area (Å²) in [5.74, 6) is 0.637. The first kappa shape index (κ1) is 12.6. The van der Waals surface area contributed by atoms with Crippen LogP contribution in [0.5, 0.6) is 0 Å². The van der Waals surface area contributed by atoms with Gasteiger partial charge in [-0.2, -0.15) is 0 Å². The molecule has 0 saturated carbocycles. The molecule has 1 atom stereocenters. The van der Waals surface area contributed by atoms with Crippen molar-refractivity contribution >= 4 is 22.6 Å². The van der Waals surface area contributed by atoms with Gasteiger partial charge in [-0.3, -0.25) is 9.62 Å². The van der Waals surface area contributed by atoms with Crippen LogP contribution in [0.15, 0.2) is 0 Å². The van der Waals surface area contributed by atoms with E-state index in [1.807, 2.05) is 0 Å². The molecule has 1 aliphatic heterocycles. The Kier molecular flexibility index (Phi) is 6.28. The highest BCUT2D eigenvalue weighted by Crippen LogP contribution is 2.11. The third kappa shape index (κ3) is 4.40. The number of hydrogen-bond donors (Lipinski definition) is 2. The van der Waals surface area contributed by atoms with Crippen molar-refractivity contribution in [3.8, 4) is 0 Å². The van der Waals surface area contributed by atoms with Crippen LogP contribution in [0, 0.1) is 5.92 Å². The largest absolute Gasteiger partial charge is 0.379 e. The predicted octanol–water partition coefficient (Wildman–Crippen LogP) is 1.43. The highest BCUT2D eigenvalue weighted by molar-refractivity contribution is 8.67. The molecule has 3 nitrogen and oxygen atoms in total. The van der Waals surface area contributed by atoms with Gasteiger partial charge in [-0.1, -0.05) is 25.5 Å². The summed E-state index contributed by atoms with van der Waals surface area (Å²) >= 11 is 4.13. The van der Waals surface area contributed by atoms with Gasteiger partial charge < -0.3 is 4.74 Å². The molecule has 0 aliphatic carbocycles. The van der Waals surface area contributed by atoms with E-state index in [1.165, 1.54) is 11.0 Å². The number of nitrogens with one attached hydrogen (secondary N) is 1. The Bertz CT molecular complexity index is 152. The Hall–Kier alpha value is 0.580. The second-order valence-electron chi connectivity index (χ2n) is 3.97. The normalized spacial score (nSPS) is 21.4. The quantitative estimate of drug-likeness (QED) is 0.428. The lowest BCUT2D eigenvalue weighted by Gasteiger charge is -2.31. The van der Waals surface area contributed by atoms with Crippen LogP contribution in [0.2, 0.25) is 0 Å². The van der Waals surface area contributed by atoms with Gasteiger partial charge in [-0.25, -0.2) is 0 Å². The minimum Gasteiger partial charge on any atom is -0.379 e. The summed E-state index contributed by atoms with van der Waals surface area (Å²) in [4.78, 5) is 2.45. The lowest BCUT2D eigenvalue weighted by molar-refractivity contribution is 0.0325. The van der Waals surface area contributed by atoms with Crippen LogP contribution in [0.1, 0.15) is 13.8 Å². The van der Waals surface area contributed by atoms with Gasteiger partial charge in [0.05, 0.1) is 13.2 Å². The number of rotatable bonds is 5. The minimum absolute atomic E-state index is 0.510. The van der Waals surface area contributed by atoms with Gasteiger partial charge in [0.2, 0.25) is 0 Å². The molecule has 0 aromatic carbocycles. The minimum atomic E-state index is 0.510. The molecule has 5 heteroatoms. The lowest BCUT2D eigenvalue weighted by Crippen LogP contribution is -2.45. The fourth-order valence-electron chi connectivity index (χ4n) is 1.51. The van der Waals surface area contributed by atoms with Gasteiger partial charge in [-0.15, -0.1) is 0 Å². The van der Waals surface area contributed by atoms with Crippen molar-refractivity contribution in [2.24, 2.45) is 5.92 Å². The van der Waals surface area contributed by atoms with Crippen molar-refractivity contribution in [2.75, 3.05) is 32.8 Å². The van der Waals surface area contributed by atoms with E-state index in [1.54, 1.807) is 0 Å². The molecule has 0 radical (unpaired) electrons. The first-order chi connectivity index (χ1) is 6.74. The van der Waals surface area contributed by atoms with Crippen LogP contribution < -0.4 is 4.72 Å². The second kappa shape index (κ2) is 6.95. The number of ether oxygens (including phenoxy) is 1. The van der Waals surface area contributed by atoms with Crippen LogP contribution >= 0.6 is 22.6 Å². The lowest BCUT2D eigenvalue weighted by atomic mass is 10.1. The number of hydrogen-bond acceptors (Lipinski definition) is 5. The second-order valence-corrected chi connectivity index (χ2v) is 4.94. The van der Waals surface area contributed by atoms with Crippen LogP contribution in [0.3, 0.4) is 0 Å². The van der Waals surface area contributed by atoms with E-state index in [0.29, 0.717) is 12.0 Å². The molecule has 84 valence electrons. The first-order valence-corrected chi connectivity index (χ1v) is 6.97. The Balaban J connectivity index is 2.29. The molecule has 0 aromatic rings. The molecule has 0 spiro atoms. The molecule has 1 saturated heterocycles. The fourth-order valence-corrected chi connectivity index (χ4v) is 2.40. The maximum atomic E-state index is 5.32. The molecule has 1 unspecified atom stereocenters. The monoisotopic (exact) mass is 236 g/mol. The summed E-state index contributed by atoms with van der Waals surface area (Å²) in [5, 5.41) is 0. The smallest absolute Gasteiger partial charge is 0.0594 e. The molecule has 0 aromatic heterocycles. The van der Waals surface area contributed by atoms with E-state index >= 15 is 0 Å². The van der Waals surface area contributed by atoms with Crippen molar-refractivity contribution in [1.29, 1.82) is 0 Å².